The van der Waals surface area contributed by atoms with Gasteiger partial charge in [0.1, 0.15) is 0 Å². The number of anilines is 1. The number of hydrogen-bond acceptors (Lipinski definition) is 5. The van der Waals surface area contributed by atoms with E-state index in [0.29, 0.717) is 24.1 Å². The Morgan fingerprint density at radius 2 is 1.85 bits per heavy atom. The third kappa shape index (κ3) is 3.97. The van der Waals surface area contributed by atoms with Crippen molar-refractivity contribution in [3.05, 3.63) is 58.5 Å². The molecule has 0 bridgehead atoms. The van der Waals surface area contributed by atoms with E-state index in [1.807, 2.05) is 31.4 Å². The van der Waals surface area contributed by atoms with Crippen LogP contribution < -0.4 is 5.32 Å². The lowest BCUT2D eigenvalue weighted by molar-refractivity contribution is -0.116. The van der Waals surface area contributed by atoms with Crippen molar-refractivity contribution >= 4 is 23.2 Å². The summed E-state index contributed by atoms with van der Waals surface area (Å²) >= 11 is 0. The number of carbonyl (C=O) groups excluding carboxylic acids is 2. The Morgan fingerprint density at radius 1 is 1.15 bits per heavy atom. The average Bonchev–Trinajstić information content (AvgIpc) is 3.02. The number of aryl methyl sites for hydroxylation is 3. The maximum atomic E-state index is 12.3. The van der Waals surface area contributed by atoms with E-state index in [2.05, 4.69) is 20.1 Å². The zero-order valence-electron chi connectivity index (χ0n) is 15.9. The van der Waals surface area contributed by atoms with E-state index in [9.17, 15) is 9.59 Å². The number of amides is 1. The van der Waals surface area contributed by atoms with Gasteiger partial charge in [0.2, 0.25) is 5.91 Å². The molecule has 0 radical (unpaired) electrons. The lowest BCUT2D eigenvalue weighted by atomic mass is 10.1. The minimum Gasteiger partial charge on any atom is -0.465 e. The minimum atomic E-state index is -0.407. The Morgan fingerprint density at radius 3 is 2.52 bits per heavy atom. The number of nitrogens with one attached hydrogen (secondary N) is 1. The third-order valence-corrected chi connectivity index (χ3v) is 4.48. The van der Waals surface area contributed by atoms with Gasteiger partial charge >= 0.3 is 5.97 Å². The third-order valence-electron chi connectivity index (χ3n) is 4.48. The molecule has 1 N–H and O–H groups in total. The van der Waals surface area contributed by atoms with E-state index >= 15 is 0 Å². The van der Waals surface area contributed by atoms with Gasteiger partial charge in [-0.25, -0.2) is 14.3 Å². The SMILES string of the molecule is COC(=O)c1ccc(NC(=O)CCc2c(C)nc3cc(C)nn3c2C)cc1. The quantitative estimate of drug-likeness (QED) is 0.702. The van der Waals surface area contributed by atoms with Crippen LogP contribution in [-0.2, 0) is 16.0 Å². The van der Waals surface area contributed by atoms with Crippen LogP contribution in [0.4, 0.5) is 5.69 Å². The zero-order chi connectivity index (χ0) is 19.6. The minimum absolute atomic E-state index is 0.101. The number of nitrogens with zero attached hydrogens (tertiary/aromatic N) is 3. The summed E-state index contributed by atoms with van der Waals surface area (Å²) in [4.78, 5) is 28.3. The van der Waals surface area contributed by atoms with Gasteiger partial charge in [-0.3, -0.25) is 4.79 Å². The standard InChI is InChI=1S/C20H22N4O3/c1-12-11-18-21-13(2)17(14(3)24(18)23-12)9-10-19(25)22-16-7-5-15(6-8-16)20(26)27-4/h5-8,11H,9-10H2,1-4H3,(H,22,25). The molecule has 140 valence electrons. The fourth-order valence-corrected chi connectivity index (χ4v) is 3.07. The maximum Gasteiger partial charge on any atom is 0.337 e. The van der Waals surface area contributed by atoms with Crippen LogP contribution in [-0.4, -0.2) is 33.6 Å². The van der Waals surface area contributed by atoms with E-state index in [4.69, 9.17) is 0 Å². The van der Waals surface area contributed by atoms with Crippen LogP contribution in [0.15, 0.2) is 30.3 Å². The number of fused-ring (bicyclic) bond motifs is 1. The molecule has 0 saturated heterocycles. The lowest BCUT2D eigenvalue weighted by Crippen LogP contribution is -2.14. The highest BCUT2D eigenvalue weighted by Crippen LogP contribution is 2.18. The van der Waals surface area contributed by atoms with Gasteiger partial charge in [0.25, 0.3) is 0 Å². The first-order valence-electron chi connectivity index (χ1n) is 8.69. The fourth-order valence-electron chi connectivity index (χ4n) is 3.07. The number of ether oxygens (including phenoxy) is 1. The molecule has 0 unspecified atom stereocenters. The molecule has 27 heavy (non-hydrogen) atoms. The lowest BCUT2D eigenvalue weighted by Gasteiger charge is -2.11. The molecule has 0 aliphatic heterocycles. The van der Waals surface area contributed by atoms with E-state index in [0.717, 1.165) is 28.3 Å². The average molecular weight is 366 g/mol. The van der Waals surface area contributed by atoms with E-state index < -0.39 is 5.97 Å². The Bertz CT molecular complexity index is 1010. The molecule has 2 aromatic heterocycles. The van der Waals surface area contributed by atoms with Crippen LogP contribution >= 0.6 is 0 Å². The molecular formula is C20H22N4O3. The molecule has 7 nitrogen and oxygen atoms in total. The predicted octanol–water partition coefficient (Wildman–Crippen LogP) is 3.01. The summed E-state index contributed by atoms with van der Waals surface area (Å²) < 4.78 is 6.48. The van der Waals surface area contributed by atoms with Crippen molar-refractivity contribution in [2.24, 2.45) is 0 Å². The van der Waals surface area contributed by atoms with Gasteiger partial charge in [0, 0.05) is 29.6 Å². The topological polar surface area (TPSA) is 85.6 Å². The van der Waals surface area contributed by atoms with E-state index in [1.165, 1.54) is 7.11 Å². The highest BCUT2D eigenvalue weighted by Gasteiger charge is 2.13. The molecule has 7 heteroatoms. The summed E-state index contributed by atoms with van der Waals surface area (Å²) in [7, 11) is 1.33. The number of aromatic nitrogens is 3. The first kappa shape index (κ1) is 18.6. The van der Waals surface area contributed by atoms with E-state index in [1.54, 1.807) is 24.3 Å². The van der Waals surface area contributed by atoms with Crippen LogP contribution in [0.5, 0.6) is 0 Å². The van der Waals surface area contributed by atoms with Crippen LogP contribution in [0.25, 0.3) is 5.65 Å². The second kappa shape index (κ2) is 7.57. The molecule has 0 aliphatic carbocycles. The molecule has 3 aromatic rings. The normalized spacial score (nSPS) is 10.8. The molecule has 0 saturated carbocycles. The second-order valence-electron chi connectivity index (χ2n) is 6.43. The maximum absolute atomic E-state index is 12.3. The van der Waals surface area contributed by atoms with Crippen LogP contribution in [0.1, 0.15) is 39.4 Å². The molecule has 1 aromatic carbocycles. The predicted molar refractivity (Wildman–Crippen MR) is 102 cm³/mol. The molecule has 1 amide bonds. The molecule has 3 rings (SSSR count). The summed E-state index contributed by atoms with van der Waals surface area (Å²) in [5.74, 6) is -0.507. The van der Waals surface area contributed by atoms with Crippen molar-refractivity contribution in [1.82, 2.24) is 14.6 Å². The number of hydrogen-bond donors (Lipinski definition) is 1. The summed E-state index contributed by atoms with van der Waals surface area (Å²) in [6, 6.07) is 8.54. The van der Waals surface area contributed by atoms with Gasteiger partial charge in [-0.15, -0.1) is 0 Å². The van der Waals surface area contributed by atoms with Gasteiger partial charge in [-0.05, 0) is 57.0 Å². The number of carbonyl (C=O) groups is 2. The zero-order valence-corrected chi connectivity index (χ0v) is 15.9. The van der Waals surface area contributed by atoms with Crippen molar-refractivity contribution in [3.63, 3.8) is 0 Å². The molecule has 0 spiro atoms. The number of rotatable bonds is 5. The highest BCUT2D eigenvalue weighted by molar-refractivity contribution is 5.93. The van der Waals surface area contributed by atoms with E-state index in [-0.39, 0.29) is 5.91 Å². The van der Waals surface area contributed by atoms with Crippen molar-refractivity contribution in [3.8, 4) is 0 Å². The van der Waals surface area contributed by atoms with Crippen LogP contribution in [0, 0.1) is 20.8 Å². The van der Waals surface area contributed by atoms with Crippen LogP contribution in [0.2, 0.25) is 0 Å². The Hall–Kier alpha value is -3.22. The highest BCUT2D eigenvalue weighted by atomic mass is 16.5. The largest absolute Gasteiger partial charge is 0.465 e. The first-order chi connectivity index (χ1) is 12.9. The van der Waals surface area contributed by atoms with Crippen molar-refractivity contribution in [1.29, 1.82) is 0 Å². The smallest absolute Gasteiger partial charge is 0.337 e. The first-order valence-corrected chi connectivity index (χ1v) is 8.69. The monoisotopic (exact) mass is 366 g/mol. The molecule has 0 aliphatic rings. The molecule has 2 heterocycles. The number of esters is 1. The molecular weight excluding hydrogens is 344 g/mol. The Balaban J connectivity index is 1.67. The fraction of sp³-hybridized carbons (Fsp3) is 0.300. The van der Waals surface area contributed by atoms with Gasteiger partial charge in [-0.2, -0.15) is 5.10 Å². The summed E-state index contributed by atoms with van der Waals surface area (Å²) in [6.07, 6.45) is 0.902. The Kier molecular flexibility index (Phi) is 5.21. The van der Waals surface area contributed by atoms with Crippen molar-refractivity contribution in [2.75, 3.05) is 12.4 Å². The van der Waals surface area contributed by atoms with Crippen molar-refractivity contribution < 1.29 is 14.3 Å². The number of methoxy groups -OCH3 is 1. The Labute approximate surface area is 157 Å². The van der Waals surface area contributed by atoms with Gasteiger partial charge in [0.15, 0.2) is 5.65 Å². The van der Waals surface area contributed by atoms with Gasteiger partial charge < -0.3 is 10.1 Å². The van der Waals surface area contributed by atoms with Gasteiger partial charge in [-0.1, -0.05) is 0 Å². The summed E-state index contributed by atoms with van der Waals surface area (Å²) in [6.45, 7) is 5.88. The van der Waals surface area contributed by atoms with Crippen LogP contribution in [0.3, 0.4) is 0 Å². The molecule has 0 fully saturated rings. The second-order valence-corrected chi connectivity index (χ2v) is 6.43. The van der Waals surface area contributed by atoms with Gasteiger partial charge in [0.05, 0.1) is 18.4 Å². The van der Waals surface area contributed by atoms with Crippen molar-refractivity contribution in [2.45, 2.75) is 33.6 Å². The summed E-state index contributed by atoms with van der Waals surface area (Å²) in [5, 5.41) is 7.30. The summed E-state index contributed by atoms with van der Waals surface area (Å²) in [5.41, 5.74) is 5.75. The molecule has 0 atom stereocenters. The number of benzene rings is 1.